The van der Waals surface area contributed by atoms with Crippen molar-refractivity contribution in [2.24, 2.45) is 5.41 Å². The summed E-state index contributed by atoms with van der Waals surface area (Å²) in [5.74, 6) is 1.93. The molecule has 3 aromatic carbocycles. The second-order valence-electron chi connectivity index (χ2n) is 12.6. The highest BCUT2D eigenvalue weighted by molar-refractivity contribution is 7.13. The molecule has 1 saturated heterocycles. The Balaban J connectivity index is 1.21. The summed E-state index contributed by atoms with van der Waals surface area (Å²) in [6.45, 7) is 7.13. The van der Waals surface area contributed by atoms with Crippen molar-refractivity contribution >= 4 is 50.5 Å². The summed E-state index contributed by atoms with van der Waals surface area (Å²) >= 11 is 1.52. The topological polar surface area (TPSA) is 78.0 Å². The predicted molar refractivity (Wildman–Crippen MR) is 177 cm³/mol. The lowest BCUT2D eigenvalue weighted by atomic mass is 9.73. The summed E-state index contributed by atoms with van der Waals surface area (Å²) in [6, 6.07) is 23.9. The molecule has 7 rings (SSSR count). The summed E-state index contributed by atoms with van der Waals surface area (Å²) in [7, 11) is 1.65. The Morgan fingerprint density at radius 1 is 0.977 bits per heavy atom. The van der Waals surface area contributed by atoms with Crippen LogP contribution in [0.15, 0.2) is 84.1 Å². The maximum Gasteiger partial charge on any atom is 0.242 e. The van der Waals surface area contributed by atoms with E-state index in [0.29, 0.717) is 19.5 Å². The summed E-state index contributed by atoms with van der Waals surface area (Å²) in [6.07, 6.45) is 1.22. The Morgan fingerprint density at radius 2 is 1.70 bits per heavy atom. The lowest BCUT2D eigenvalue weighted by molar-refractivity contribution is -0.130. The molecule has 1 unspecified atom stereocenters. The van der Waals surface area contributed by atoms with Gasteiger partial charge in [-0.1, -0.05) is 50.2 Å². The number of para-hydroxylation sites is 2. The van der Waals surface area contributed by atoms with E-state index in [0.717, 1.165) is 64.7 Å². The number of hydrogen-bond donors (Lipinski definition) is 1. The molecular formula is C35H37N5O3S. The van der Waals surface area contributed by atoms with Crippen LogP contribution in [-0.4, -0.2) is 60.8 Å². The third kappa shape index (κ3) is 5.19. The fourth-order valence-corrected chi connectivity index (χ4v) is 7.67. The summed E-state index contributed by atoms with van der Waals surface area (Å²) in [5.41, 5.74) is 4.31. The van der Waals surface area contributed by atoms with Gasteiger partial charge in [-0.25, -0.2) is 0 Å². The van der Waals surface area contributed by atoms with Crippen molar-refractivity contribution in [2.75, 3.05) is 55.0 Å². The van der Waals surface area contributed by atoms with E-state index in [-0.39, 0.29) is 23.7 Å². The molecule has 9 heteroatoms. The molecule has 1 fully saturated rings. The third-order valence-corrected chi connectivity index (χ3v) is 9.85. The van der Waals surface area contributed by atoms with Crippen LogP contribution in [0.2, 0.25) is 0 Å². The number of nitrogens with zero attached hydrogens (tertiary/aromatic N) is 4. The quantitative estimate of drug-likeness (QED) is 0.287. The van der Waals surface area contributed by atoms with Gasteiger partial charge in [-0.15, -0.1) is 0 Å². The van der Waals surface area contributed by atoms with Crippen molar-refractivity contribution in [3.8, 4) is 5.75 Å². The summed E-state index contributed by atoms with van der Waals surface area (Å²) in [4.78, 5) is 34.5. The van der Waals surface area contributed by atoms with E-state index in [1.54, 1.807) is 7.11 Å². The lowest BCUT2D eigenvalue weighted by Gasteiger charge is -2.40. The highest BCUT2D eigenvalue weighted by Crippen LogP contribution is 2.48. The number of amides is 1. The molecule has 1 atom stereocenters. The first-order valence-electron chi connectivity index (χ1n) is 15.2. The van der Waals surface area contributed by atoms with Gasteiger partial charge in [0.05, 0.1) is 35.8 Å². The zero-order valence-electron chi connectivity index (χ0n) is 25.4. The first-order valence-corrected chi connectivity index (χ1v) is 16.0. The zero-order valence-corrected chi connectivity index (χ0v) is 26.2. The predicted octanol–water partition coefficient (Wildman–Crippen LogP) is 6.27. The lowest BCUT2D eigenvalue weighted by Crippen LogP contribution is -2.52. The maximum absolute atomic E-state index is 14.1. The van der Waals surface area contributed by atoms with Crippen molar-refractivity contribution in [1.29, 1.82) is 0 Å². The number of carbonyl (C=O) groups excluding carboxylic acids is 2. The molecule has 1 aliphatic carbocycles. The molecule has 226 valence electrons. The smallest absolute Gasteiger partial charge is 0.242 e. The molecule has 3 aliphatic rings. The minimum Gasteiger partial charge on any atom is -0.497 e. The van der Waals surface area contributed by atoms with Crippen LogP contribution in [0.1, 0.15) is 38.3 Å². The number of benzene rings is 3. The van der Waals surface area contributed by atoms with Crippen LogP contribution in [0.3, 0.4) is 0 Å². The van der Waals surface area contributed by atoms with Crippen LogP contribution in [-0.2, 0) is 9.59 Å². The minimum absolute atomic E-state index is 0.0498. The van der Waals surface area contributed by atoms with Gasteiger partial charge in [-0.3, -0.25) is 9.59 Å². The highest BCUT2D eigenvalue weighted by Gasteiger charge is 2.42. The average Bonchev–Trinajstić information content (AvgIpc) is 3.40. The van der Waals surface area contributed by atoms with Gasteiger partial charge in [0.15, 0.2) is 5.78 Å². The zero-order chi connectivity index (χ0) is 30.4. The van der Waals surface area contributed by atoms with Crippen molar-refractivity contribution in [1.82, 2.24) is 9.27 Å². The fourth-order valence-electron chi connectivity index (χ4n) is 6.87. The number of allylic oxidation sites excluding steroid dienone is 1. The van der Waals surface area contributed by atoms with E-state index in [1.807, 2.05) is 65.6 Å². The normalized spacial score (nSPS) is 19.8. The van der Waals surface area contributed by atoms with Gasteiger partial charge in [0, 0.05) is 49.3 Å². The maximum atomic E-state index is 14.1. The molecule has 1 N–H and O–H groups in total. The van der Waals surface area contributed by atoms with Crippen LogP contribution in [0, 0.1) is 5.41 Å². The van der Waals surface area contributed by atoms with Crippen LogP contribution in [0.25, 0.3) is 10.1 Å². The average molecular weight is 608 g/mol. The van der Waals surface area contributed by atoms with Crippen molar-refractivity contribution < 1.29 is 14.3 Å². The number of ketones is 1. The SMILES string of the molecule is COc1ccc(C2C3=C(CC(C)(C)CC3=O)Nc3ccccc3N2CC(=O)N2CCN(c3nsc4ccccc34)CC2)cc1. The van der Waals surface area contributed by atoms with Crippen LogP contribution in [0.5, 0.6) is 5.75 Å². The number of rotatable bonds is 5. The van der Waals surface area contributed by atoms with Gasteiger partial charge in [-0.05, 0) is 65.3 Å². The minimum atomic E-state index is -0.415. The Labute approximate surface area is 262 Å². The molecule has 0 saturated carbocycles. The van der Waals surface area contributed by atoms with E-state index < -0.39 is 6.04 Å². The number of nitrogens with one attached hydrogen (secondary N) is 1. The largest absolute Gasteiger partial charge is 0.497 e. The number of hydrogen-bond acceptors (Lipinski definition) is 8. The Morgan fingerprint density at radius 3 is 2.48 bits per heavy atom. The van der Waals surface area contributed by atoms with Gasteiger partial charge < -0.3 is 24.8 Å². The number of methoxy groups -OCH3 is 1. The number of anilines is 3. The third-order valence-electron chi connectivity index (χ3n) is 9.03. The number of Topliss-reactive ketones (excluding diaryl/α,β-unsaturated/α-hetero) is 1. The van der Waals surface area contributed by atoms with Gasteiger partial charge >= 0.3 is 0 Å². The fraction of sp³-hybridized carbons (Fsp3) is 0.343. The van der Waals surface area contributed by atoms with Crippen LogP contribution < -0.4 is 19.9 Å². The molecule has 1 amide bonds. The Bertz CT molecular complexity index is 1750. The molecule has 4 aromatic rings. The number of carbonyl (C=O) groups is 2. The molecule has 0 radical (unpaired) electrons. The number of aromatic nitrogens is 1. The standard InChI is InChI=1S/C35H37N5O3S/c1-35(2)20-27-32(29(41)21-35)33(23-12-14-24(43-3)15-13-23)40(28-10-6-5-9-26(28)36-27)22-31(42)38-16-18-39(19-17-38)34-25-8-4-7-11-30(25)44-37-34/h4-15,33,36H,16-22H2,1-3H3. The molecule has 8 nitrogen and oxygen atoms in total. The molecule has 0 bridgehead atoms. The number of piperazine rings is 1. The van der Waals surface area contributed by atoms with E-state index in [1.165, 1.54) is 16.2 Å². The number of fused-ring (bicyclic) bond motifs is 2. The first kappa shape index (κ1) is 28.4. The van der Waals surface area contributed by atoms with Gasteiger partial charge in [0.2, 0.25) is 5.91 Å². The van der Waals surface area contributed by atoms with Crippen LogP contribution in [0.4, 0.5) is 17.2 Å². The first-order chi connectivity index (χ1) is 21.3. The number of ether oxygens (including phenoxy) is 1. The van der Waals surface area contributed by atoms with Crippen LogP contribution >= 0.6 is 11.5 Å². The molecule has 2 aliphatic heterocycles. The molecule has 3 heterocycles. The van der Waals surface area contributed by atoms with E-state index >= 15 is 0 Å². The molecular weight excluding hydrogens is 570 g/mol. The Hall–Kier alpha value is -4.37. The molecule has 1 aromatic heterocycles. The van der Waals surface area contributed by atoms with Gasteiger partial charge in [0.25, 0.3) is 0 Å². The van der Waals surface area contributed by atoms with Gasteiger partial charge in [-0.2, -0.15) is 4.37 Å². The second kappa shape index (κ2) is 11.3. The highest BCUT2D eigenvalue weighted by atomic mass is 32.1. The van der Waals surface area contributed by atoms with E-state index in [2.05, 4.69) is 41.1 Å². The monoisotopic (exact) mass is 607 g/mol. The molecule has 0 spiro atoms. The van der Waals surface area contributed by atoms with E-state index in [4.69, 9.17) is 9.11 Å². The summed E-state index contributed by atoms with van der Waals surface area (Å²) in [5, 5.41) is 4.81. The van der Waals surface area contributed by atoms with Crippen molar-refractivity contribution in [3.05, 3.63) is 89.6 Å². The van der Waals surface area contributed by atoms with Crippen molar-refractivity contribution in [2.45, 2.75) is 32.7 Å². The Kier molecular flexibility index (Phi) is 7.28. The van der Waals surface area contributed by atoms with Crippen molar-refractivity contribution in [3.63, 3.8) is 0 Å². The van der Waals surface area contributed by atoms with Gasteiger partial charge in [0.1, 0.15) is 11.6 Å². The second-order valence-corrected chi connectivity index (χ2v) is 13.5. The molecule has 44 heavy (non-hydrogen) atoms. The summed E-state index contributed by atoms with van der Waals surface area (Å²) < 4.78 is 11.4. The van der Waals surface area contributed by atoms with E-state index in [9.17, 15) is 9.59 Å².